The van der Waals surface area contributed by atoms with Crippen LogP contribution in [0.4, 0.5) is 5.69 Å². The highest BCUT2D eigenvalue weighted by atomic mass is 32.2. The van der Waals surface area contributed by atoms with Gasteiger partial charge in [-0.3, -0.25) is 10.1 Å². The van der Waals surface area contributed by atoms with Crippen molar-refractivity contribution in [1.29, 1.82) is 0 Å². The Kier molecular flexibility index (Phi) is 4.91. The lowest BCUT2D eigenvalue weighted by Crippen LogP contribution is -2.31. The summed E-state index contributed by atoms with van der Waals surface area (Å²) in [6.07, 6.45) is -0.946. The summed E-state index contributed by atoms with van der Waals surface area (Å²) in [4.78, 5) is 10.6. The zero-order valence-corrected chi connectivity index (χ0v) is 13.3. The number of aliphatic hydroxyl groups excluding tert-OH is 1. The van der Waals surface area contributed by atoms with Crippen LogP contribution in [0.15, 0.2) is 46.7 Å². The van der Waals surface area contributed by atoms with Crippen molar-refractivity contribution in [2.45, 2.75) is 11.0 Å². The quantitative estimate of drug-likeness (QED) is 0.639. The molecule has 22 heavy (non-hydrogen) atoms. The van der Waals surface area contributed by atoms with Gasteiger partial charge in [0.1, 0.15) is 6.10 Å². The Balaban J connectivity index is 2.22. The van der Waals surface area contributed by atoms with Gasteiger partial charge in [-0.2, -0.15) is 4.31 Å². The molecule has 0 aliphatic rings. The molecule has 0 radical (unpaired) electrons. The summed E-state index contributed by atoms with van der Waals surface area (Å²) in [7, 11) is -2.58. The molecule has 2 rings (SSSR count). The summed E-state index contributed by atoms with van der Waals surface area (Å²) in [5, 5.41) is 22.6. The Morgan fingerprint density at radius 1 is 1.36 bits per heavy atom. The summed E-state index contributed by atoms with van der Waals surface area (Å²) in [6, 6.07) is 8.30. The van der Waals surface area contributed by atoms with Gasteiger partial charge in [-0.25, -0.2) is 8.42 Å². The first-order valence-corrected chi connectivity index (χ1v) is 8.56. The summed E-state index contributed by atoms with van der Waals surface area (Å²) in [5.74, 6) is 0. The minimum absolute atomic E-state index is 0.133. The molecule has 0 aliphatic carbocycles. The van der Waals surface area contributed by atoms with Crippen molar-refractivity contribution in [2.75, 3.05) is 13.6 Å². The lowest BCUT2D eigenvalue weighted by Gasteiger charge is -2.20. The first-order chi connectivity index (χ1) is 10.3. The average molecular weight is 342 g/mol. The number of hydrogen-bond acceptors (Lipinski definition) is 6. The van der Waals surface area contributed by atoms with Crippen molar-refractivity contribution < 1.29 is 18.4 Å². The molecular formula is C13H14N2O5S2. The van der Waals surface area contributed by atoms with E-state index in [4.69, 9.17) is 0 Å². The number of thiophene rings is 1. The SMILES string of the molecule is CN(CC(O)c1cccs1)S(=O)(=O)c1cccc([N+](=O)[O-])c1. The van der Waals surface area contributed by atoms with E-state index in [-0.39, 0.29) is 17.1 Å². The summed E-state index contributed by atoms with van der Waals surface area (Å²) < 4.78 is 25.8. The Morgan fingerprint density at radius 3 is 2.68 bits per heavy atom. The zero-order chi connectivity index (χ0) is 16.3. The molecule has 1 N–H and O–H groups in total. The molecule has 7 nitrogen and oxygen atoms in total. The van der Waals surface area contributed by atoms with Crippen LogP contribution in [0.1, 0.15) is 11.0 Å². The monoisotopic (exact) mass is 342 g/mol. The molecule has 0 spiro atoms. The predicted molar refractivity (Wildman–Crippen MR) is 82.2 cm³/mol. The third-order valence-corrected chi connectivity index (χ3v) is 5.83. The van der Waals surface area contributed by atoms with Gasteiger partial charge in [0, 0.05) is 30.6 Å². The van der Waals surface area contributed by atoms with Crippen molar-refractivity contribution in [3.8, 4) is 0 Å². The molecule has 2 aromatic rings. The van der Waals surface area contributed by atoms with Gasteiger partial charge in [-0.05, 0) is 17.5 Å². The average Bonchev–Trinajstić information content (AvgIpc) is 3.01. The van der Waals surface area contributed by atoms with Gasteiger partial charge in [0.05, 0.1) is 9.82 Å². The second-order valence-electron chi connectivity index (χ2n) is 4.57. The van der Waals surface area contributed by atoms with E-state index in [1.54, 1.807) is 17.5 Å². The molecule has 0 bridgehead atoms. The van der Waals surface area contributed by atoms with Crippen LogP contribution in [0.3, 0.4) is 0 Å². The second kappa shape index (κ2) is 6.53. The van der Waals surface area contributed by atoms with Crippen LogP contribution < -0.4 is 0 Å². The number of likely N-dealkylation sites (N-methyl/N-ethyl adjacent to an activating group) is 1. The van der Waals surface area contributed by atoms with Crippen LogP contribution in [0, 0.1) is 10.1 Å². The molecule has 1 aromatic carbocycles. The Morgan fingerprint density at radius 2 is 2.09 bits per heavy atom. The third kappa shape index (κ3) is 3.50. The summed E-state index contributed by atoms with van der Waals surface area (Å²) in [6.45, 7) is -0.133. The first kappa shape index (κ1) is 16.6. The van der Waals surface area contributed by atoms with Crippen LogP contribution >= 0.6 is 11.3 Å². The number of sulfonamides is 1. The molecule has 0 aliphatic heterocycles. The molecule has 1 heterocycles. The summed E-state index contributed by atoms with van der Waals surface area (Å²) in [5.41, 5.74) is -0.298. The van der Waals surface area contributed by atoms with E-state index >= 15 is 0 Å². The Hall–Kier alpha value is -1.81. The van der Waals surface area contributed by atoms with Crippen LogP contribution in [0.2, 0.25) is 0 Å². The molecule has 0 amide bonds. The number of hydrogen-bond donors (Lipinski definition) is 1. The molecule has 0 saturated carbocycles. The van der Waals surface area contributed by atoms with E-state index in [0.29, 0.717) is 4.88 Å². The Bertz CT molecular complexity index is 758. The van der Waals surface area contributed by atoms with Crippen molar-refractivity contribution in [3.05, 3.63) is 56.8 Å². The fraction of sp³-hybridized carbons (Fsp3) is 0.231. The van der Waals surface area contributed by atoms with Gasteiger partial charge in [0.2, 0.25) is 10.0 Å². The number of nitro groups is 1. The molecular weight excluding hydrogens is 328 g/mol. The van der Waals surface area contributed by atoms with Crippen LogP contribution in [0.5, 0.6) is 0 Å². The Labute approximate surface area is 131 Å². The molecule has 0 fully saturated rings. The first-order valence-electron chi connectivity index (χ1n) is 6.24. The highest BCUT2D eigenvalue weighted by molar-refractivity contribution is 7.89. The molecule has 1 atom stereocenters. The van der Waals surface area contributed by atoms with Gasteiger partial charge in [0.15, 0.2) is 0 Å². The number of aliphatic hydroxyl groups is 1. The zero-order valence-electron chi connectivity index (χ0n) is 11.6. The van der Waals surface area contributed by atoms with Gasteiger partial charge < -0.3 is 5.11 Å². The van der Waals surface area contributed by atoms with Crippen LogP contribution in [-0.2, 0) is 10.0 Å². The number of nitro benzene ring substituents is 1. The van der Waals surface area contributed by atoms with Crippen molar-refractivity contribution >= 4 is 27.0 Å². The second-order valence-corrected chi connectivity index (χ2v) is 7.60. The van der Waals surface area contributed by atoms with Gasteiger partial charge in [0.25, 0.3) is 5.69 Å². The fourth-order valence-corrected chi connectivity index (χ4v) is 3.77. The number of rotatable bonds is 6. The topological polar surface area (TPSA) is 101 Å². The maximum absolute atomic E-state index is 12.4. The maximum Gasteiger partial charge on any atom is 0.270 e. The minimum atomic E-state index is -3.91. The van der Waals surface area contributed by atoms with Crippen molar-refractivity contribution in [1.82, 2.24) is 4.31 Å². The third-order valence-electron chi connectivity index (χ3n) is 3.04. The standard InChI is InChI=1S/C13H14N2O5S2/c1-14(9-12(16)13-6-3-7-21-13)22(19,20)11-5-2-4-10(8-11)15(17)18/h2-8,12,16H,9H2,1H3. The van der Waals surface area contributed by atoms with E-state index in [2.05, 4.69) is 0 Å². The fourth-order valence-electron chi connectivity index (χ4n) is 1.85. The lowest BCUT2D eigenvalue weighted by molar-refractivity contribution is -0.385. The van der Waals surface area contributed by atoms with Gasteiger partial charge in [-0.1, -0.05) is 12.1 Å². The highest BCUT2D eigenvalue weighted by Gasteiger charge is 2.25. The van der Waals surface area contributed by atoms with Gasteiger partial charge >= 0.3 is 0 Å². The number of non-ortho nitro benzene ring substituents is 1. The van der Waals surface area contributed by atoms with Crippen LogP contribution in [0.25, 0.3) is 0 Å². The molecule has 0 saturated heterocycles. The normalized spacial score (nSPS) is 13.2. The lowest BCUT2D eigenvalue weighted by atomic mass is 10.3. The number of nitrogens with zero attached hydrogens (tertiary/aromatic N) is 2. The molecule has 118 valence electrons. The van der Waals surface area contributed by atoms with Crippen molar-refractivity contribution in [2.24, 2.45) is 0 Å². The highest BCUT2D eigenvalue weighted by Crippen LogP contribution is 2.24. The molecule has 1 aromatic heterocycles. The predicted octanol–water partition coefficient (Wildman–Crippen LogP) is 2.01. The van der Waals surface area contributed by atoms with E-state index in [1.807, 2.05) is 0 Å². The minimum Gasteiger partial charge on any atom is -0.386 e. The number of benzene rings is 1. The smallest absolute Gasteiger partial charge is 0.270 e. The maximum atomic E-state index is 12.4. The largest absolute Gasteiger partial charge is 0.386 e. The van der Waals surface area contributed by atoms with E-state index < -0.39 is 21.1 Å². The van der Waals surface area contributed by atoms with E-state index in [1.165, 1.54) is 36.6 Å². The van der Waals surface area contributed by atoms with E-state index in [0.717, 1.165) is 10.4 Å². The van der Waals surface area contributed by atoms with Crippen molar-refractivity contribution in [3.63, 3.8) is 0 Å². The van der Waals surface area contributed by atoms with Gasteiger partial charge in [-0.15, -0.1) is 11.3 Å². The van der Waals surface area contributed by atoms with Crippen LogP contribution in [-0.4, -0.2) is 36.3 Å². The molecule has 9 heteroatoms. The van der Waals surface area contributed by atoms with E-state index in [9.17, 15) is 23.6 Å². The molecule has 1 unspecified atom stereocenters. The summed E-state index contributed by atoms with van der Waals surface area (Å²) >= 11 is 1.33.